The number of rotatable bonds is 7. The maximum atomic E-state index is 10.7. The second-order valence-electron chi connectivity index (χ2n) is 4.46. The van der Waals surface area contributed by atoms with Crippen molar-refractivity contribution in [2.45, 2.75) is 26.8 Å². The first-order valence-corrected chi connectivity index (χ1v) is 6.56. The second-order valence-corrected chi connectivity index (χ2v) is 4.46. The van der Waals surface area contributed by atoms with Crippen molar-refractivity contribution in [3.63, 3.8) is 0 Å². The van der Waals surface area contributed by atoms with E-state index in [1.807, 2.05) is 6.92 Å². The number of hydrogen-bond donors (Lipinski definition) is 1. The van der Waals surface area contributed by atoms with E-state index in [-0.39, 0.29) is 17.4 Å². The predicted octanol–water partition coefficient (Wildman–Crippen LogP) is 2.00. The molecule has 1 aromatic heterocycles. The lowest BCUT2D eigenvalue weighted by atomic mass is 10.2. The summed E-state index contributed by atoms with van der Waals surface area (Å²) >= 11 is 0. The fraction of sp³-hybridized carbons (Fsp3) is 0.538. The van der Waals surface area contributed by atoms with E-state index in [0.29, 0.717) is 5.82 Å². The van der Waals surface area contributed by atoms with Crippen molar-refractivity contribution in [1.82, 2.24) is 9.88 Å². The second kappa shape index (κ2) is 7.40. The van der Waals surface area contributed by atoms with Crippen molar-refractivity contribution in [3.05, 3.63) is 27.9 Å². The number of likely N-dealkylation sites (N-methyl/N-ethyl adjacent to an activating group) is 1. The summed E-state index contributed by atoms with van der Waals surface area (Å²) in [6, 6.07) is 4.71. The highest BCUT2D eigenvalue weighted by Crippen LogP contribution is 2.18. The zero-order chi connectivity index (χ0) is 15.1. The van der Waals surface area contributed by atoms with Crippen LogP contribution in [0, 0.1) is 21.4 Å². The predicted molar refractivity (Wildman–Crippen MR) is 76.5 cm³/mol. The average Bonchev–Trinajstić information content (AvgIpc) is 2.44. The van der Waals surface area contributed by atoms with Crippen LogP contribution in [-0.4, -0.2) is 40.5 Å². The maximum Gasteiger partial charge on any atom is 0.305 e. The highest BCUT2D eigenvalue weighted by atomic mass is 16.6. The number of pyridine rings is 1. The molecule has 1 rings (SSSR count). The first-order chi connectivity index (χ1) is 9.51. The molecule has 1 heterocycles. The van der Waals surface area contributed by atoms with Crippen LogP contribution in [0.25, 0.3) is 0 Å². The lowest BCUT2D eigenvalue weighted by molar-refractivity contribution is -0.385. The summed E-state index contributed by atoms with van der Waals surface area (Å²) in [5.74, 6) is 0.479. The molecular weight excluding hydrogens is 258 g/mol. The molecule has 1 unspecified atom stereocenters. The lowest BCUT2D eigenvalue weighted by Gasteiger charge is -2.23. The van der Waals surface area contributed by atoms with E-state index >= 15 is 0 Å². The summed E-state index contributed by atoms with van der Waals surface area (Å²) in [5, 5.41) is 22.8. The first kappa shape index (κ1) is 15.9. The molecule has 0 saturated heterocycles. The zero-order valence-corrected chi connectivity index (χ0v) is 12.0. The molecule has 7 nitrogen and oxygen atoms in total. The van der Waals surface area contributed by atoms with Crippen LogP contribution in [0.3, 0.4) is 0 Å². The van der Waals surface area contributed by atoms with Crippen molar-refractivity contribution in [2.24, 2.45) is 0 Å². The molecule has 0 aromatic carbocycles. The summed E-state index contributed by atoms with van der Waals surface area (Å²) in [6.07, 6.45) is 0. The molecule has 0 aliphatic carbocycles. The molecule has 0 bridgehead atoms. The van der Waals surface area contributed by atoms with Gasteiger partial charge in [-0.25, -0.2) is 4.98 Å². The molecule has 7 heteroatoms. The van der Waals surface area contributed by atoms with Gasteiger partial charge in [-0.1, -0.05) is 13.8 Å². The fourth-order valence-corrected chi connectivity index (χ4v) is 1.93. The summed E-state index contributed by atoms with van der Waals surface area (Å²) in [4.78, 5) is 16.4. The number of aromatic nitrogens is 1. The summed E-state index contributed by atoms with van der Waals surface area (Å²) < 4.78 is 0. The minimum atomic E-state index is -0.603. The van der Waals surface area contributed by atoms with Gasteiger partial charge < -0.3 is 10.2 Å². The van der Waals surface area contributed by atoms with Crippen LogP contribution in [0.2, 0.25) is 0 Å². The molecule has 0 fully saturated rings. The van der Waals surface area contributed by atoms with Gasteiger partial charge in [-0.2, -0.15) is 5.26 Å². The monoisotopic (exact) mass is 277 g/mol. The van der Waals surface area contributed by atoms with Crippen molar-refractivity contribution >= 4 is 11.5 Å². The van der Waals surface area contributed by atoms with Crippen molar-refractivity contribution < 1.29 is 4.92 Å². The van der Waals surface area contributed by atoms with Crippen LogP contribution in [-0.2, 0) is 0 Å². The van der Waals surface area contributed by atoms with Gasteiger partial charge in [0.1, 0.15) is 11.9 Å². The van der Waals surface area contributed by atoms with Crippen molar-refractivity contribution in [2.75, 3.05) is 25.0 Å². The molecule has 0 radical (unpaired) electrons. The smallest absolute Gasteiger partial charge is 0.305 e. The van der Waals surface area contributed by atoms with Gasteiger partial charge in [0.2, 0.25) is 5.69 Å². The van der Waals surface area contributed by atoms with E-state index in [9.17, 15) is 10.1 Å². The summed E-state index contributed by atoms with van der Waals surface area (Å²) in [6.45, 7) is 8.95. The van der Waals surface area contributed by atoms with Crippen LogP contribution in [0.5, 0.6) is 0 Å². The number of nitro groups is 1. The Bertz CT molecular complexity index is 508. The molecular formula is C13H19N5O2. The van der Waals surface area contributed by atoms with Gasteiger partial charge in [-0.15, -0.1) is 0 Å². The van der Waals surface area contributed by atoms with Gasteiger partial charge in [0.05, 0.1) is 4.92 Å². The van der Waals surface area contributed by atoms with Crippen molar-refractivity contribution in [3.8, 4) is 6.07 Å². The molecule has 0 aliphatic heterocycles. The Balaban J connectivity index is 2.79. The molecule has 108 valence electrons. The van der Waals surface area contributed by atoms with E-state index in [4.69, 9.17) is 5.26 Å². The zero-order valence-electron chi connectivity index (χ0n) is 12.0. The first-order valence-electron chi connectivity index (χ1n) is 6.56. The SMILES string of the molecule is CCN(CC)CC(C)Nc1ccc([N+](=O)[O-])c(C#N)n1. The Morgan fingerprint density at radius 1 is 1.50 bits per heavy atom. The van der Waals surface area contributed by atoms with Crippen LogP contribution >= 0.6 is 0 Å². The average molecular weight is 277 g/mol. The van der Waals surface area contributed by atoms with Gasteiger partial charge in [0.25, 0.3) is 0 Å². The molecule has 1 N–H and O–H groups in total. The number of nitrogens with zero attached hydrogens (tertiary/aromatic N) is 4. The quantitative estimate of drug-likeness (QED) is 0.605. The van der Waals surface area contributed by atoms with E-state index in [1.54, 1.807) is 6.07 Å². The summed E-state index contributed by atoms with van der Waals surface area (Å²) in [5.41, 5.74) is -0.440. The Morgan fingerprint density at radius 3 is 2.65 bits per heavy atom. The van der Waals surface area contributed by atoms with E-state index in [2.05, 4.69) is 29.0 Å². The number of anilines is 1. The van der Waals surface area contributed by atoms with Crippen LogP contribution in [0.15, 0.2) is 12.1 Å². The van der Waals surface area contributed by atoms with E-state index in [1.165, 1.54) is 12.1 Å². The highest BCUT2D eigenvalue weighted by molar-refractivity contribution is 5.50. The van der Waals surface area contributed by atoms with Crippen LogP contribution in [0.4, 0.5) is 11.5 Å². The van der Waals surface area contributed by atoms with Gasteiger partial charge in [-0.05, 0) is 26.1 Å². The third-order valence-corrected chi connectivity index (χ3v) is 3.00. The van der Waals surface area contributed by atoms with Gasteiger partial charge >= 0.3 is 5.69 Å². The topological polar surface area (TPSA) is 95.1 Å². The standard InChI is InChI=1S/C13H19N5O2/c1-4-17(5-2)9-10(3)15-13-7-6-12(18(19)20)11(8-14)16-13/h6-7,10H,4-5,9H2,1-3H3,(H,15,16). The third-order valence-electron chi connectivity index (χ3n) is 3.00. The largest absolute Gasteiger partial charge is 0.366 e. The molecule has 0 saturated carbocycles. The van der Waals surface area contributed by atoms with Crippen LogP contribution in [0.1, 0.15) is 26.5 Å². The number of nitriles is 1. The molecule has 20 heavy (non-hydrogen) atoms. The Labute approximate surface area is 118 Å². The van der Waals surface area contributed by atoms with Gasteiger partial charge in [0, 0.05) is 18.7 Å². The fourth-order valence-electron chi connectivity index (χ4n) is 1.93. The molecule has 0 amide bonds. The maximum absolute atomic E-state index is 10.7. The molecule has 1 atom stereocenters. The normalized spacial score (nSPS) is 11.9. The highest BCUT2D eigenvalue weighted by Gasteiger charge is 2.16. The third kappa shape index (κ3) is 4.17. The Kier molecular flexibility index (Phi) is 5.87. The minimum Gasteiger partial charge on any atom is -0.366 e. The van der Waals surface area contributed by atoms with Crippen LogP contribution < -0.4 is 5.32 Å². The summed E-state index contributed by atoms with van der Waals surface area (Å²) in [7, 11) is 0. The number of hydrogen-bond acceptors (Lipinski definition) is 6. The van der Waals surface area contributed by atoms with E-state index < -0.39 is 4.92 Å². The molecule has 0 spiro atoms. The van der Waals surface area contributed by atoms with Gasteiger partial charge in [0.15, 0.2) is 0 Å². The number of nitrogens with one attached hydrogen (secondary N) is 1. The Hall–Kier alpha value is -2.20. The van der Waals surface area contributed by atoms with Gasteiger partial charge in [-0.3, -0.25) is 10.1 Å². The van der Waals surface area contributed by atoms with E-state index in [0.717, 1.165) is 19.6 Å². The molecule has 1 aromatic rings. The minimum absolute atomic E-state index is 0.135. The molecule has 0 aliphatic rings. The van der Waals surface area contributed by atoms with Crippen molar-refractivity contribution in [1.29, 1.82) is 5.26 Å². The Morgan fingerprint density at radius 2 is 2.15 bits per heavy atom. The lowest BCUT2D eigenvalue weighted by Crippen LogP contribution is -2.34.